The first kappa shape index (κ1) is 18.3. The molecule has 6 heteroatoms. The van der Waals surface area contributed by atoms with Gasteiger partial charge < -0.3 is 19.9 Å². The Morgan fingerprint density at radius 2 is 1.79 bits per heavy atom. The summed E-state index contributed by atoms with van der Waals surface area (Å²) >= 11 is 0. The van der Waals surface area contributed by atoms with Crippen LogP contribution in [-0.2, 0) is 9.59 Å². The number of hydrogen-bond donors (Lipinski definition) is 1. The van der Waals surface area contributed by atoms with Crippen LogP contribution in [0.4, 0.5) is 5.69 Å². The van der Waals surface area contributed by atoms with Gasteiger partial charge in [0.25, 0.3) is 0 Å². The second-order valence-electron chi connectivity index (χ2n) is 6.88. The van der Waals surface area contributed by atoms with Crippen LogP contribution in [0.2, 0.25) is 0 Å². The molecule has 0 radical (unpaired) electrons. The van der Waals surface area contributed by atoms with E-state index in [4.69, 9.17) is 4.74 Å². The molecule has 0 spiro atoms. The molecule has 24 heavy (non-hydrogen) atoms. The number of anilines is 1. The van der Waals surface area contributed by atoms with Gasteiger partial charge in [0.05, 0.1) is 12.8 Å². The standard InChI is InChI=1S/C18H27N3O3/c1-13-6-7-15(24-5)14(12-13)19-16(22)18(2,3)17(23)21-10-8-20(4)9-11-21/h6-7,12H,8-11H2,1-5H3,(H,19,22). The molecule has 1 saturated heterocycles. The fraction of sp³-hybridized carbons (Fsp3) is 0.556. The Morgan fingerprint density at radius 1 is 1.17 bits per heavy atom. The van der Waals surface area contributed by atoms with E-state index in [2.05, 4.69) is 10.2 Å². The van der Waals surface area contributed by atoms with E-state index in [0.717, 1.165) is 18.7 Å². The Balaban J connectivity index is 2.12. The van der Waals surface area contributed by atoms with Crippen LogP contribution in [-0.4, -0.2) is 62.0 Å². The van der Waals surface area contributed by atoms with Gasteiger partial charge in [0.1, 0.15) is 11.2 Å². The lowest BCUT2D eigenvalue weighted by atomic mass is 9.89. The minimum Gasteiger partial charge on any atom is -0.495 e. The van der Waals surface area contributed by atoms with Gasteiger partial charge in [0, 0.05) is 26.2 Å². The van der Waals surface area contributed by atoms with Gasteiger partial charge in [-0.3, -0.25) is 9.59 Å². The maximum atomic E-state index is 12.8. The monoisotopic (exact) mass is 333 g/mol. The third-order valence-corrected chi connectivity index (χ3v) is 4.50. The van der Waals surface area contributed by atoms with Crippen molar-refractivity contribution in [1.29, 1.82) is 0 Å². The molecule has 1 heterocycles. The SMILES string of the molecule is COc1ccc(C)cc1NC(=O)C(C)(C)C(=O)N1CCN(C)CC1. The van der Waals surface area contributed by atoms with E-state index in [1.54, 1.807) is 31.9 Å². The summed E-state index contributed by atoms with van der Waals surface area (Å²) in [6.07, 6.45) is 0. The average Bonchev–Trinajstić information content (AvgIpc) is 2.55. The van der Waals surface area contributed by atoms with Crippen LogP contribution in [0.25, 0.3) is 0 Å². The Kier molecular flexibility index (Phi) is 5.49. The molecule has 1 fully saturated rings. The molecule has 132 valence electrons. The topological polar surface area (TPSA) is 61.9 Å². The molecule has 0 aliphatic carbocycles. The summed E-state index contributed by atoms with van der Waals surface area (Å²) in [5, 5.41) is 2.85. The van der Waals surface area contributed by atoms with Gasteiger partial charge in [-0.2, -0.15) is 0 Å². The zero-order chi connectivity index (χ0) is 17.9. The normalized spacial score (nSPS) is 16.0. The Labute approximate surface area is 143 Å². The highest BCUT2D eigenvalue weighted by Crippen LogP contribution is 2.28. The van der Waals surface area contributed by atoms with Crippen LogP contribution in [0.5, 0.6) is 5.75 Å². The van der Waals surface area contributed by atoms with Crippen molar-refractivity contribution in [1.82, 2.24) is 9.80 Å². The van der Waals surface area contributed by atoms with Gasteiger partial charge in [0.15, 0.2) is 0 Å². The first-order chi connectivity index (χ1) is 11.3. The van der Waals surface area contributed by atoms with Crippen molar-refractivity contribution in [3.63, 3.8) is 0 Å². The number of benzene rings is 1. The lowest BCUT2D eigenvalue weighted by Gasteiger charge is -2.36. The summed E-state index contributed by atoms with van der Waals surface area (Å²) < 4.78 is 5.29. The predicted molar refractivity (Wildman–Crippen MR) is 94.2 cm³/mol. The Bertz CT molecular complexity index is 620. The summed E-state index contributed by atoms with van der Waals surface area (Å²) in [6.45, 7) is 8.25. The summed E-state index contributed by atoms with van der Waals surface area (Å²) in [6, 6.07) is 5.56. The van der Waals surface area contributed by atoms with E-state index < -0.39 is 5.41 Å². The zero-order valence-electron chi connectivity index (χ0n) is 15.2. The predicted octanol–water partition coefficient (Wildman–Crippen LogP) is 1.74. The Hall–Kier alpha value is -2.08. The number of carbonyl (C=O) groups is 2. The van der Waals surface area contributed by atoms with Gasteiger partial charge in [-0.25, -0.2) is 0 Å². The van der Waals surface area contributed by atoms with Crippen molar-refractivity contribution in [2.45, 2.75) is 20.8 Å². The number of piperazine rings is 1. The number of aryl methyl sites for hydroxylation is 1. The molecule has 1 aliphatic heterocycles. The van der Waals surface area contributed by atoms with E-state index in [0.29, 0.717) is 24.5 Å². The molecule has 1 aromatic carbocycles. The third-order valence-electron chi connectivity index (χ3n) is 4.50. The van der Waals surface area contributed by atoms with Gasteiger partial charge in [-0.05, 0) is 45.5 Å². The van der Waals surface area contributed by atoms with Crippen molar-refractivity contribution in [2.75, 3.05) is 45.7 Å². The summed E-state index contributed by atoms with van der Waals surface area (Å²) in [4.78, 5) is 29.5. The van der Waals surface area contributed by atoms with Crippen molar-refractivity contribution in [3.05, 3.63) is 23.8 Å². The number of methoxy groups -OCH3 is 1. The first-order valence-electron chi connectivity index (χ1n) is 8.19. The van der Waals surface area contributed by atoms with E-state index in [1.807, 2.05) is 26.1 Å². The number of nitrogens with zero attached hydrogens (tertiary/aromatic N) is 2. The molecule has 1 aromatic rings. The molecule has 0 aromatic heterocycles. The molecule has 1 aliphatic rings. The number of rotatable bonds is 4. The highest BCUT2D eigenvalue weighted by atomic mass is 16.5. The molecule has 1 N–H and O–H groups in total. The van der Waals surface area contributed by atoms with Gasteiger partial charge in [-0.15, -0.1) is 0 Å². The molecule has 0 atom stereocenters. The van der Waals surface area contributed by atoms with E-state index in [9.17, 15) is 9.59 Å². The van der Waals surface area contributed by atoms with E-state index >= 15 is 0 Å². The highest BCUT2D eigenvalue weighted by Gasteiger charge is 2.40. The minimum atomic E-state index is -1.13. The fourth-order valence-electron chi connectivity index (χ4n) is 2.70. The number of nitrogens with one attached hydrogen (secondary N) is 1. The molecular formula is C18H27N3O3. The lowest BCUT2D eigenvalue weighted by molar-refractivity contribution is -0.147. The van der Waals surface area contributed by atoms with Gasteiger partial charge in [-0.1, -0.05) is 6.07 Å². The van der Waals surface area contributed by atoms with Crippen molar-refractivity contribution in [2.24, 2.45) is 5.41 Å². The Morgan fingerprint density at radius 3 is 2.38 bits per heavy atom. The van der Waals surface area contributed by atoms with Crippen LogP contribution in [0.1, 0.15) is 19.4 Å². The number of amides is 2. The molecule has 0 saturated carbocycles. The smallest absolute Gasteiger partial charge is 0.239 e. The quantitative estimate of drug-likeness (QED) is 0.853. The van der Waals surface area contributed by atoms with Gasteiger partial charge in [0.2, 0.25) is 11.8 Å². The molecule has 2 rings (SSSR count). The second kappa shape index (κ2) is 7.21. The lowest BCUT2D eigenvalue weighted by Crippen LogP contribution is -2.53. The third kappa shape index (κ3) is 3.87. The van der Waals surface area contributed by atoms with Crippen LogP contribution in [0.15, 0.2) is 18.2 Å². The molecule has 6 nitrogen and oxygen atoms in total. The molecular weight excluding hydrogens is 306 g/mol. The highest BCUT2D eigenvalue weighted by molar-refractivity contribution is 6.10. The first-order valence-corrected chi connectivity index (χ1v) is 8.19. The number of hydrogen-bond acceptors (Lipinski definition) is 4. The van der Waals surface area contributed by atoms with E-state index in [1.165, 1.54) is 0 Å². The van der Waals surface area contributed by atoms with Crippen LogP contribution < -0.4 is 10.1 Å². The summed E-state index contributed by atoms with van der Waals surface area (Å²) in [5.74, 6) is 0.117. The molecule has 0 unspecified atom stereocenters. The van der Waals surface area contributed by atoms with Crippen molar-refractivity contribution < 1.29 is 14.3 Å². The van der Waals surface area contributed by atoms with Crippen molar-refractivity contribution >= 4 is 17.5 Å². The maximum Gasteiger partial charge on any atom is 0.239 e. The maximum absolute atomic E-state index is 12.8. The molecule has 0 bridgehead atoms. The number of carbonyl (C=O) groups excluding carboxylic acids is 2. The minimum absolute atomic E-state index is 0.139. The largest absolute Gasteiger partial charge is 0.495 e. The summed E-state index contributed by atoms with van der Waals surface area (Å²) in [7, 11) is 3.59. The fourth-order valence-corrected chi connectivity index (χ4v) is 2.70. The van der Waals surface area contributed by atoms with Crippen molar-refractivity contribution in [3.8, 4) is 5.75 Å². The second-order valence-corrected chi connectivity index (χ2v) is 6.88. The van der Waals surface area contributed by atoms with E-state index in [-0.39, 0.29) is 11.8 Å². The van der Waals surface area contributed by atoms with Crippen LogP contribution in [0.3, 0.4) is 0 Å². The number of ether oxygens (including phenoxy) is 1. The van der Waals surface area contributed by atoms with Crippen LogP contribution in [0, 0.1) is 12.3 Å². The van der Waals surface area contributed by atoms with Crippen LogP contribution >= 0.6 is 0 Å². The zero-order valence-corrected chi connectivity index (χ0v) is 15.2. The van der Waals surface area contributed by atoms with Gasteiger partial charge >= 0.3 is 0 Å². The average molecular weight is 333 g/mol. The molecule has 2 amide bonds. The number of likely N-dealkylation sites (N-methyl/N-ethyl adjacent to an activating group) is 1. The summed E-state index contributed by atoms with van der Waals surface area (Å²) in [5.41, 5.74) is 0.459.